The predicted octanol–water partition coefficient (Wildman–Crippen LogP) is 6.36. The van der Waals surface area contributed by atoms with E-state index in [0.717, 1.165) is 52.9 Å². The van der Waals surface area contributed by atoms with E-state index >= 15 is 0 Å². The third kappa shape index (κ3) is 7.88. The number of thioether (sulfide) groups is 1. The molecule has 1 aromatic heterocycles. The number of para-hydroxylation sites is 1. The molecule has 33 heavy (non-hydrogen) atoms. The predicted molar refractivity (Wildman–Crippen MR) is 145 cm³/mol. The second-order valence-corrected chi connectivity index (χ2v) is 9.55. The van der Waals surface area contributed by atoms with E-state index in [9.17, 15) is 4.79 Å². The van der Waals surface area contributed by atoms with Gasteiger partial charge in [0.15, 0.2) is 5.13 Å². The largest absolute Gasteiger partial charge is 0.492 e. The molecule has 1 heterocycles. The van der Waals surface area contributed by atoms with Crippen LogP contribution in [0.2, 0.25) is 0 Å². The zero-order valence-corrected chi connectivity index (χ0v) is 22.1. The quantitative estimate of drug-likeness (QED) is 0.199. The van der Waals surface area contributed by atoms with Gasteiger partial charge in [-0.1, -0.05) is 49.4 Å². The van der Waals surface area contributed by atoms with Gasteiger partial charge in [0.05, 0.1) is 11.3 Å². The molecule has 0 saturated carbocycles. The minimum Gasteiger partial charge on any atom is -0.492 e. The van der Waals surface area contributed by atoms with Gasteiger partial charge in [0, 0.05) is 24.4 Å². The highest BCUT2D eigenvalue weighted by molar-refractivity contribution is 7.99. The van der Waals surface area contributed by atoms with E-state index in [0.29, 0.717) is 19.6 Å². The number of likely N-dealkylation sites (N-methyl/N-ethyl adjacent to an activating group) is 1. The van der Waals surface area contributed by atoms with Crippen molar-refractivity contribution in [2.24, 2.45) is 0 Å². The molecule has 2 aromatic carbocycles. The van der Waals surface area contributed by atoms with Crippen LogP contribution in [-0.4, -0.2) is 54.3 Å². The average molecular weight is 508 g/mol. The number of benzene rings is 2. The second-order valence-electron chi connectivity index (χ2n) is 7.37. The van der Waals surface area contributed by atoms with Crippen molar-refractivity contribution in [3.63, 3.8) is 0 Å². The van der Waals surface area contributed by atoms with Crippen LogP contribution in [0.3, 0.4) is 0 Å². The summed E-state index contributed by atoms with van der Waals surface area (Å²) in [6, 6.07) is 16.3. The molecule has 0 aliphatic rings. The Kier molecular flexibility index (Phi) is 12.0. The molecule has 180 valence electrons. The number of amides is 1. The van der Waals surface area contributed by atoms with Crippen LogP contribution in [-0.2, 0) is 4.79 Å². The molecule has 3 aromatic rings. The first-order valence-electron chi connectivity index (χ1n) is 11.4. The number of fused-ring (bicyclic) bond motifs is 1. The van der Waals surface area contributed by atoms with Crippen molar-refractivity contribution < 1.29 is 9.53 Å². The van der Waals surface area contributed by atoms with Gasteiger partial charge in [0.25, 0.3) is 0 Å². The summed E-state index contributed by atoms with van der Waals surface area (Å²) in [5.74, 6) is 1.85. The summed E-state index contributed by atoms with van der Waals surface area (Å²) in [5, 5.41) is 0.764. The van der Waals surface area contributed by atoms with E-state index in [4.69, 9.17) is 9.72 Å². The monoisotopic (exact) mass is 507 g/mol. The van der Waals surface area contributed by atoms with Crippen LogP contribution in [0.4, 0.5) is 5.13 Å². The molecular formula is C25H34ClN3O2S2. The Labute approximate surface area is 211 Å². The molecule has 8 heteroatoms. The summed E-state index contributed by atoms with van der Waals surface area (Å²) in [6.45, 7) is 10.3. The first-order chi connectivity index (χ1) is 15.7. The molecule has 0 saturated heterocycles. The number of hydrogen-bond acceptors (Lipinski definition) is 6. The van der Waals surface area contributed by atoms with Crippen LogP contribution in [0.1, 0.15) is 33.6 Å². The van der Waals surface area contributed by atoms with Crippen molar-refractivity contribution in [1.29, 1.82) is 0 Å². The molecule has 0 atom stereocenters. The van der Waals surface area contributed by atoms with E-state index in [1.54, 1.807) is 23.1 Å². The van der Waals surface area contributed by atoms with Crippen molar-refractivity contribution in [2.45, 2.75) is 38.5 Å². The summed E-state index contributed by atoms with van der Waals surface area (Å²) in [6.07, 6.45) is 1.36. The fourth-order valence-corrected chi connectivity index (χ4v) is 5.37. The number of halogens is 1. The molecule has 0 radical (unpaired) electrons. The third-order valence-corrected chi connectivity index (χ3v) is 7.43. The van der Waals surface area contributed by atoms with Gasteiger partial charge >= 0.3 is 0 Å². The highest BCUT2D eigenvalue weighted by Crippen LogP contribution is 2.34. The zero-order valence-electron chi connectivity index (χ0n) is 19.7. The molecule has 0 bridgehead atoms. The van der Waals surface area contributed by atoms with Crippen molar-refractivity contribution >= 4 is 56.8 Å². The summed E-state index contributed by atoms with van der Waals surface area (Å²) in [7, 11) is 0. The Bertz CT molecular complexity index is 980. The van der Waals surface area contributed by atoms with Gasteiger partial charge in [-0.3, -0.25) is 9.69 Å². The van der Waals surface area contributed by atoms with Gasteiger partial charge in [-0.2, -0.15) is 0 Å². The lowest BCUT2D eigenvalue weighted by atomic mass is 10.3. The van der Waals surface area contributed by atoms with E-state index in [-0.39, 0.29) is 18.3 Å². The maximum absolute atomic E-state index is 13.3. The lowest BCUT2D eigenvalue weighted by Gasteiger charge is -2.24. The molecule has 0 unspecified atom stereocenters. The lowest BCUT2D eigenvalue weighted by Crippen LogP contribution is -2.38. The van der Waals surface area contributed by atoms with Crippen LogP contribution in [0.25, 0.3) is 10.2 Å². The highest BCUT2D eigenvalue weighted by Gasteiger charge is 2.21. The number of hydrogen-bond donors (Lipinski definition) is 0. The van der Waals surface area contributed by atoms with E-state index in [1.807, 2.05) is 48.2 Å². The van der Waals surface area contributed by atoms with Gasteiger partial charge in [-0.15, -0.1) is 24.2 Å². The summed E-state index contributed by atoms with van der Waals surface area (Å²) in [5.41, 5.74) is 0.842. The van der Waals surface area contributed by atoms with E-state index < -0.39 is 0 Å². The Balaban J connectivity index is 0.00000385. The maximum atomic E-state index is 13.3. The summed E-state index contributed by atoms with van der Waals surface area (Å²) >= 11 is 3.37. The molecular weight excluding hydrogens is 474 g/mol. The van der Waals surface area contributed by atoms with Gasteiger partial charge in [0.2, 0.25) is 5.91 Å². The number of aromatic nitrogens is 1. The van der Waals surface area contributed by atoms with Gasteiger partial charge in [0.1, 0.15) is 11.3 Å². The fraction of sp³-hybridized carbons (Fsp3) is 0.440. The molecule has 0 aliphatic carbocycles. The number of thiazole rings is 1. The number of carbonyl (C=O) groups is 1. The Morgan fingerprint density at radius 3 is 2.48 bits per heavy atom. The molecule has 0 fully saturated rings. The van der Waals surface area contributed by atoms with Crippen LogP contribution in [0, 0.1) is 0 Å². The van der Waals surface area contributed by atoms with E-state index in [2.05, 4.69) is 30.9 Å². The molecule has 1 amide bonds. The van der Waals surface area contributed by atoms with Gasteiger partial charge < -0.3 is 9.64 Å². The van der Waals surface area contributed by atoms with Crippen LogP contribution < -0.4 is 9.64 Å². The van der Waals surface area contributed by atoms with Crippen molar-refractivity contribution in [2.75, 3.05) is 43.4 Å². The van der Waals surface area contributed by atoms with Gasteiger partial charge in [-0.25, -0.2) is 4.98 Å². The average Bonchev–Trinajstić information content (AvgIpc) is 3.25. The lowest BCUT2D eigenvalue weighted by molar-refractivity contribution is -0.118. The smallest absolute Gasteiger partial charge is 0.228 e. The number of carbonyl (C=O) groups excluding carboxylic acids is 1. The number of anilines is 1. The first-order valence-corrected chi connectivity index (χ1v) is 13.2. The highest BCUT2D eigenvalue weighted by atomic mass is 35.5. The van der Waals surface area contributed by atoms with Gasteiger partial charge in [-0.05, 0) is 56.5 Å². The van der Waals surface area contributed by atoms with Crippen LogP contribution in [0.5, 0.6) is 5.75 Å². The molecule has 3 rings (SSSR count). The second kappa shape index (κ2) is 14.5. The number of nitrogens with zero attached hydrogens (tertiary/aromatic N) is 3. The first kappa shape index (κ1) is 27.4. The number of rotatable bonds is 13. The van der Waals surface area contributed by atoms with Crippen molar-refractivity contribution in [3.05, 3.63) is 48.5 Å². The van der Waals surface area contributed by atoms with Crippen LogP contribution in [0.15, 0.2) is 53.4 Å². The van der Waals surface area contributed by atoms with Crippen molar-refractivity contribution in [3.8, 4) is 5.75 Å². The minimum atomic E-state index is 0. The minimum absolute atomic E-state index is 0. The molecule has 0 N–H and O–H groups in total. The van der Waals surface area contributed by atoms with Crippen LogP contribution >= 0.6 is 35.5 Å². The fourth-order valence-electron chi connectivity index (χ4n) is 3.47. The Morgan fingerprint density at radius 1 is 1.03 bits per heavy atom. The Hall–Kier alpha value is -1.80. The third-order valence-electron chi connectivity index (χ3n) is 5.28. The standard InChI is InChI=1S/C25H33N3O2S2.ClH/c1-4-27(5-2)17-18-28(23(29)16-11-19-31-20-12-8-7-9-13-20)25-26-24-21(30-6-3)14-10-15-22(24)32-25;/h7-10,12-15H,4-6,11,16-19H2,1-3H3;1H. The topological polar surface area (TPSA) is 45.7 Å². The SMILES string of the molecule is CCOc1cccc2sc(N(CCN(CC)CC)C(=O)CCCSc3ccccc3)nc12.Cl. The molecule has 0 spiro atoms. The summed E-state index contributed by atoms with van der Waals surface area (Å²) in [4.78, 5) is 23.6. The number of ether oxygens (including phenoxy) is 1. The Morgan fingerprint density at radius 2 is 1.79 bits per heavy atom. The normalized spacial score (nSPS) is 10.9. The van der Waals surface area contributed by atoms with Crippen molar-refractivity contribution in [1.82, 2.24) is 9.88 Å². The molecule has 5 nitrogen and oxygen atoms in total. The zero-order chi connectivity index (χ0) is 22.8. The van der Waals surface area contributed by atoms with E-state index in [1.165, 1.54) is 4.90 Å². The maximum Gasteiger partial charge on any atom is 0.228 e. The molecule has 0 aliphatic heterocycles. The summed E-state index contributed by atoms with van der Waals surface area (Å²) < 4.78 is 6.80.